The van der Waals surface area contributed by atoms with Crippen molar-refractivity contribution in [2.75, 3.05) is 5.75 Å². The molecule has 1 heterocycles. The molecular formula is C12H10ClFN2O2S. The van der Waals surface area contributed by atoms with Gasteiger partial charge < -0.3 is 9.67 Å². The third kappa shape index (κ3) is 3.27. The molecule has 2 aromatic rings. The molecule has 0 unspecified atom stereocenters. The fourth-order valence-corrected chi connectivity index (χ4v) is 2.50. The summed E-state index contributed by atoms with van der Waals surface area (Å²) in [6.07, 6.45) is 0. The van der Waals surface area contributed by atoms with Crippen molar-refractivity contribution in [2.24, 2.45) is 0 Å². The highest BCUT2D eigenvalue weighted by Gasteiger charge is 2.13. The lowest BCUT2D eigenvalue weighted by molar-refractivity contribution is -0.133. The van der Waals surface area contributed by atoms with Crippen LogP contribution in [0.2, 0.25) is 0 Å². The molecule has 4 nitrogen and oxygen atoms in total. The Morgan fingerprint density at radius 3 is 2.95 bits per heavy atom. The third-order valence-corrected chi connectivity index (χ3v) is 3.41. The van der Waals surface area contributed by atoms with Gasteiger partial charge in [0.2, 0.25) is 0 Å². The quantitative estimate of drug-likeness (QED) is 0.862. The Balaban J connectivity index is 2.47. The number of benzene rings is 1. The first-order valence-electron chi connectivity index (χ1n) is 5.31. The molecule has 0 aliphatic carbocycles. The summed E-state index contributed by atoms with van der Waals surface area (Å²) in [6.45, 7) is 3.91. The zero-order valence-electron chi connectivity index (χ0n) is 9.77. The highest BCUT2D eigenvalue weighted by molar-refractivity contribution is 7.99. The Kier molecular flexibility index (Phi) is 4.11. The van der Waals surface area contributed by atoms with Gasteiger partial charge in [-0.05, 0) is 12.1 Å². The molecule has 0 atom stereocenters. The largest absolute Gasteiger partial charge is 0.481 e. The van der Waals surface area contributed by atoms with Crippen LogP contribution in [0.15, 0.2) is 35.0 Å². The second-order valence-corrected chi connectivity index (χ2v) is 5.29. The van der Waals surface area contributed by atoms with Gasteiger partial charge in [-0.25, -0.2) is 9.37 Å². The maximum atomic E-state index is 13.2. The van der Waals surface area contributed by atoms with E-state index >= 15 is 0 Å². The van der Waals surface area contributed by atoms with Crippen LogP contribution in [0.1, 0.15) is 0 Å². The number of hydrogen-bond acceptors (Lipinski definition) is 3. The van der Waals surface area contributed by atoms with Crippen LogP contribution in [-0.2, 0) is 11.3 Å². The lowest BCUT2D eigenvalue weighted by Crippen LogP contribution is -2.03. The number of aliphatic carboxylic acids is 1. The Morgan fingerprint density at radius 2 is 2.32 bits per heavy atom. The van der Waals surface area contributed by atoms with Crippen molar-refractivity contribution in [2.45, 2.75) is 11.7 Å². The van der Waals surface area contributed by atoms with E-state index in [0.29, 0.717) is 27.8 Å². The molecule has 1 aromatic carbocycles. The normalized spacial score (nSPS) is 10.8. The van der Waals surface area contributed by atoms with Crippen LogP contribution in [0.25, 0.3) is 11.0 Å². The summed E-state index contributed by atoms with van der Waals surface area (Å²) in [4.78, 5) is 14.8. The van der Waals surface area contributed by atoms with Crippen molar-refractivity contribution in [1.29, 1.82) is 0 Å². The smallest absolute Gasteiger partial charge is 0.313 e. The van der Waals surface area contributed by atoms with Crippen molar-refractivity contribution in [3.05, 3.63) is 35.6 Å². The van der Waals surface area contributed by atoms with Gasteiger partial charge in [0.05, 0.1) is 23.3 Å². The van der Waals surface area contributed by atoms with E-state index in [-0.39, 0.29) is 5.75 Å². The molecule has 1 aromatic heterocycles. The van der Waals surface area contributed by atoms with E-state index in [4.69, 9.17) is 16.7 Å². The summed E-state index contributed by atoms with van der Waals surface area (Å²) < 4.78 is 14.9. The van der Waals surface area contributed by atoms with Gasteiger partial charge in [0.25, 0.3) is 0 Å². The average molecular weight is 301 g/mol. The van der Waals surface area contributed by atoms with Crippen LogP contribution < -0.4 is 0 Å². The standard InChI is InChI=1S/C12H10ClFN2O2S/c1-7(13)5-16-10-3-2-8(14)4-9(10)15-12(16)19-6-11(17)18/h2-4H,1,5-6H2,(H,17,18). The summed E-state index contributed by atoms with van der Waals surface area (Å²) in [7, 11) is 0. The van der Waals surface area contributed by atoms with Crippen molar-refractivity contribution in [3.63, 3.8) is 0 Å². The van der Waals surface area contributed by atoms with Gasteiger partial charge in [-0.1, -0.05) is 29.9 Å². The number of carboxylic acids is 1. The van der Waals surface area contributed by atoms with E-state index < -0.39 is 11.8 Å². The van der Waals surface area contributed by atoms with Crippen LogP contribution in [0, 0.1) is 5.82 Å². The molecule has 0 aliphatic heterocycles. The monoisotopic (exact) mass is 300 g/mol. The SMILES string of the molecule is C=C(Cl)Cn1c(SCC(=O)O)nc2cc(F)ccc21. The maximum absolute atomic E-state index is 13.2. The molecule has 0 fully saturated rings. The van der Waals surface area contributed by atoms with Crippen LogP contribution in [0.4, 0.5) is 4.39 Å². The number of allylic oxidation sites excluding steroid dienone is 1. The number of imidazole rings is 1. The summed E-state index contributed by atoms with van der Waals surface area (Å²) in [5.74, 6) is -1.46. The molecule has 0 radical (unpaired) electrons. The second kappa shape index (κ2) is 5.63. The van der Waals surface area contributed by atoms with E-state index in [2.05, 4.69) is 11.6 Å². The fraction of sp³-hybridized carbons (Fsp3) is 0.167. The average Bonchev–Trinajstić information content (AvgIpc) is 2.63. The molecule has 1 N–H and O–H groups in total. The minimum atomic E-state index is -0.945. The summed E-state index contributed by atoms with van der Waals surface area (Å²) in [5.41, 5.74) is 1.15. The van der Waals surface area contributed by atoms with E-state index in [1.165, 1.54) is 12.1 Å². The molecule has 0 bridgehead atoms. The molecule has 0 saturated carbocycles. The molecule has 7 heteroatoms. The lowest BCUT2D eigenvalue weighted by Gasteiger charge is -2.06. The summed E-state index contributed by atoms with van der Waals surface area (Å²) in [5, 5.41) is 9.57. The number of thioether (sulfide) groups is 1. The third-order valence-electron chi connectivity index (χ3n) is 2.33. The highest BCUT2D eigenvalue weighted by Crippen LogP contribution is 2.26. The lowest BCUT2D eigenvalue weighted by atomic mass is 10.3. The van der Waals surface area contributed by atoms with Crippen molar-refractivity contribution >= 4 is 40.4 Å². The van der Waals surface area contributed by atoms with Gasteiger partial charge in [0, 0.05) is 11.1 Å². The van der Waals surface area contributed by atoms with Gasteiger partial charge in [-0.3, -0.25) is 4.79 Å². The molecule has 2 rings (SSSR count). The molecule has 0 saturated heterocycles. The molecular weight excluding hydrogens is 291 g/mol. The topological polar surface area (TPSA) is 55.1 Å². The van der Waals surface area contributed by atoms with Gasteiger partial charge in [0.15, 0.2) is 5.16 Å². The van der Waals surface area contributed by atoms with Crippen molar-refractivity contribution in [3.8, 4) is 0 Å². The minimum Gasteiger partial charge on any atom is -0.481 e. The van der Waals surface area contributed by atoms with Gasteiger partial charge in [0.1, 0.15) is 5.82 Å². The number of carboxylic acid groups (broad SMARTS) is 1. The summed E-state index contributed by atoms with van der Waals surface area (Å²) in [6, 6.07) is 4.21. The number of hydrogen-bond donors (Lipinski definition) is 1. The highest BCUT2D eigenvalue weighted by atomic mass is 35.5. The molecule has 0 amide bonds. The van der Waals surface area contributed by atoms with Gasteiger partial charge >= 0.3 is 5.97 Å². The fourth-order valence-electron chi connectivity index (χ4n) is 1.64. The Labute approximate surface area is 117 Å². The first-order valence-corrected chi connectivity index (χ1v) is 6.67. The molecule has 19 heavy (non-hydrogen) atoms. The number of carbonyl (C=O) groups is 1. The zero-order chi connectivity index (χ0) is 14.0. The molecule has 100 valence electrons. The second-order valence-electron chi connectivity index (χ2n) is 3.81. The van der Waals surface area contributed by atoms with E-state index in [0.717, 1.165) is 11.8 Å². The first kappa shape index (κ1) is 13.9. The Hall–Kier alpha value is -1.53. The predicted octanol–water partition coefficient (Wildman–Crippen LogP) is 3.10. The number of fused-ring (bicyclic) bond motifs is 1. The van der Waals surface area contributed by atoms with Gasteiger partial charge in [-0.15, -0.1) is 0 Å². The zero-order valence-corrected chi connectivity index (χ0v) is 11.3. The number of rotatable bonds is 5. The number of halogens is 2. The van der Waals surface area contributed by atoms with Crippen LogP contribution in [0.3, 0.4) is 0 Å². The number of nitrogens with zero attached hydrogens (tertiary/aromatic N) is 2. The maximum Gasteiger partial charge on any atom is 0.313 e. The number of aromatic nitrogens is 2. The predicted molar refractivity (Wildman–Crippen MR) is 73.0 cm³/mol. The molecule has 0 aliphatic rings. The van der Waals surface area contributed by atoms with E-state index in [1.807, 2.05) is 0 Å². The van der Waals surface area contributed by atoms with Crippen LogP contribution in [0.5, 0.6) is 0 Å². The Bertz CT molecular complexity index is 656. The van der Waals surface area contributed by atoms with E-state index in [1.54, 1.807) is 10.6 Å². The summed E-state index contributed by atoms with van der Waals surface area (Å²) >= 11 is 6.85. The van der Waals surface area contributed by atoms with Crippen LogP contribution >= 0.6 is 23.4 Å². The Morgan fingerprint density at radius 1 is 1.58 bits per heavy atom. The first-order chi connectivity index (χ1) is 8.97. The van der Waals surface area contributed by atoms with Gasteiger partial charge in [-0.2, -0.15) is 0 Å². The van der Waals surface area contributed by atoms with Crippen molar-refractivity contribution < 1.29 is 14.3 Å². The molecule has 0 spiro atoms. The van der Waals surface area contributed by atoms with Crippen molar-refractivity contribution in [1.82, 2.24) is 9.55 Å². The van der Waals surface area contributed by atoms with E-state index in [9.17, 15) is 9.18 Å². The minimum absolute atomic E-state index is 0.124. The van der Waals surface area contributed by atoms with Crippen LogP contribution in [-0.4, -0.2) is 26.4 Å².